The second kappa shape index (κ2) is 3.30. The number of amides is 2. The first-order valence-corrected chi connectivity index (χ1v) is 5.38. The lowest BCUT2D eigenvalue weighted by Gasteiger charge is -2.36. The summed E-state index contributed by atoms with van der Waals surface area (Å²) in [4.78, 5) is 13.8. The molecule has 3 heteroatoms. The fraction of sp³-hybridized carbons (Fsp3) is 0.727. The van der Waals surface area contributed by atoms with Crippen LogP contribution in [-0.4, -0.2) is 23.0 Å². The van der Waals surface area contributed by atoms with Crippen LogP contribution < -0.4 is 5.32 Å². The normalized spacial score (nSPS) is 23.4. The number of hydrogen-bond donors (Lipinski definition) is 1. The Kier molecular flexibility index (Phi) is 2.25. The van der Waals surface area contributed by atoms with Gasteiger partial charge in [0.15, 0.2) is 0 Å². The monoisotopic (exact) mass is 194 g/mol. The fourth-order valence-electron chi connectivity index (χ4n) is 2.33. The van der Waals surface area contributed by atoms with E-state index in [4.69, 9.17) is 0 Å². The van der Waals surface area contributed by atoms with E-state index in [1.54, 1.807) is 0 Å². The number of likely N-dealkylation sites (tertiary alicyclic amines) is 1. The summed E-state index contributed by atoms with van der Waals surface area (Å²) in [7, 11) is 0. The number of carbonyl (C=O) groups excluding carboxylic acids is 1. The molecule has 78 valence electrons. The lowest BCUT2D eigenvalue weighted by Crippen LogP contribution is -2.49. The summed E-state index contributed by atoms with van der Waals surface area (Å²) in [5.41, 5.74) is 0.967. The number of allylic oxidation sites excluding steroid dienone is 1. The van der Waals surface area contributed by atoms with Gasteiger partial charge in [-0.2, -0.15) is 0 Å². The molecule has 0 aromatic carbocycles. The van der Waals surface area contributed by atoms with E-state index in [0.717, 1.165) is 18.7 Å². The lowest BCUT2D eigenvalue weighted by molar-refractivity contribution is 0.142. The Balaban J connectivity index is 2.01. The topological polar surface area (TPSA) is 32.3 Å². The van der Waals surface area contributed by atoms with Crippen molar-refractivity contribution in [3.8, 4) is 0 Å². The smallest absolute Gasteiger partial charge is 0.319 e. The number of piperidine rings is 1. The standard InChI is InChI=1S/C11H18N2O/c1-9(2)12-10(14)13-8-4-3-5-11(13)6-7-11/h1,3-8H2,2H3,(H,12,14). The zero-order chi connectivity index (χ0) is 10.2. The zero-order valence-electron chi connectivity index (χ0n) is 8.81. The van der Waals surface area contributed by atoms with E-state index in [-0.39, 0.29) is 11.6 Å². The van der Waals surface area contributed by atoms with Crippen LogP contribution in [0.4, 0.5) is 4.79 Å². The zero-order valence-corrected chi connectivity index (χ0v) is 8.81. The van der Waals surface area contributed by atoms with Gasteiger partial charge in [-0.25, -0.2) is 4.79 Å². The van der Waals surface area contributed by atoms with Crippen LogP contribution in [0.1, 0.15) is 39.0 Å². The Labute approximate surface area is 85.2 Å². The molecule has 2 rings (SSSR count). The molecule has 2 fully saturated rings. The lowest BCUT2D eigenvalue weighted by atomic mass is 10.0. The predicted octanol–water partition coefficient (Wildman–Crippen LogP) is 2.25. The molecular formula is C11H18N2O. The summed E-state index contributed by atoms with van der Waals surface area (Å²) in [5, 5.41) is 2.80. The summed E-state index contributed by atoms with van der Waals surface area (Å²) in [5.74, 6) is 0. The third kappa shape index (κ3) is 1.63. The molecule has 1 aliphatic heterocycles. The van der Waals surface area contributed by atoms with E-state index < -0.39 is 0 Å². The van der Waals surface area contributed by atoms with E-state index in [1.165, 1.54) is 25.7 Å². The molecule has 0 aromatic heterocycles. The maximum atomic E-state index is 11.8. The molecule has 1 heterocycles. The number of carbonyl (C=O) groups is 1. The predicted molar refractivity (Wildman–Crippen MR) is 55.9 cm³/mol. The summed E-state index contributed by atoms with van der Waals surface area (Å²) in [6.07, 6.45) is 5.99. The number of nitrogens with one attached hydrogen (secondary N) is 1. The van der Waals surface area contributed by atoms with Gasteiger partial charge in [0.1, 0.15) is 0 Å². The Morgan fingerprint density at radius 2 is 2.07 bits per heavy atom. The molecule has 0 bridgehead atoms. The van der Waals surface area contributed by atoms with E-state index >= 15 is 0 Å². The average Bonchev–Trinajstić information content (AvgIpc) is 2.85. The third-order valence-electron chi connectivity index (χ3n) is 3.24. The van der Waals surface area contributed by atoms with Crippen LogP contribution >= 0.6 is 0 Å². The molecule has 1 aliphatic carbocycles. The van der Waals surface area contributed by atoms with Crippen LogP contribution in [0, 0.1) is 0 Å². The van der Waals surface area contributed by atoms with Crippen molar-refractivity contribution < 1.29 is 4.79 Å². The largest absolute Gasteiger partial charge is 0.322 e. The number of urea groups is 1. The van der Waals surface area contributed by atoms with Gasteiger partial charge in [-0.05, 0) is 39.0 Å². The number of nitrogens with zero attached hydrogens (tertiary/aromatic N) is 1. The maximum Gasteiger partial charge on any atom is 0.322 e. The van der Waals surface area contributed by atoms with E-state index in [1.807, 2.05) is 11.8 Å². The first-order chi connectivity index (χ1) is 6.64. The molecule has 0 radical (unpaired) electrons. The van der Waals surface area contributed by atoms with Crippen LogP contribution in [0.25, 0.3) is 0 Å². The number of hydrogen-bond acceptors (Lipinski definition) is 1. The second-order valence-corrected chi connectivity index (χ2v) is 4.54. The molecule has 0 atom stereocenters. The average molecular weight is 194 g/mol. The molecule has 14 heavy (non-hydrogen) atoms. The van der Waals surface area contributed by atoms with Crippen molar-refractivity contribution in [3.05, 3.63) is 12.3 Å². The Hall–Kier alpha value is -0.990. The van der Waals surface area contributed by atoms with Crippen LogP contribution in [-0.2, 0) is 0 Å². The van der Waals surface area contributed by atoms with Crippen LogP contribution in [0.5, 0.6) is 0 Å². The molecule has 2 aliphatic rings. The van der Waals surface area contributed by atoms with Crippen molar-refractivity contribution in [1.82, 2.24) is 10.2 Å². The highest BCUT2D eigenvalue weighted by Gasteiger charge is 2.50. The second-order valence-electron chi connectivity index (χ2n) is 4.54. The van der Waals surface area contributed by atoms with Crippen molar-refractivity contribution in [2.75, 3.05) is 6.54 Å². The van der Waals surface area contributed by atoms with Gasteiger partial charge in [-0.15, -0.1) is 0 Å². The highest BCUT2D eigenvalue weighted by molar-refractivity contribution is 5.77. The Bertz CT molecular complexity index is 268. The van der Waals surface area contributed by atoms with Crippen LogP contribution in [0.3, 0.4) is 0 Å². The Morgan fingerprint density at radius 1 is 1.36 bits per heavy atom. The van der Waals surface area contributed by atoms with Gasteiger partial charge >= 0.3 is 6.03 Å². The minimum Gasteiger partial charge on any atom is -0.319 e. The van der Waals surface area contributed by atoms with Crippen molar-refractivity contribution in [2.45, 2.75) is 44.6 Å². The quantitative estimate of drug-likeness (QED) is 0.682. The minimum absolute atomic E-state index is 0.0506. The first-order valence-electron chi connectivity index (χ1n) is 5.38. The van der Waals surface area contributed by atoms with Gasteiger partial charge < -0.3 is 10.2 Å². The molecule has 1 N–H and O–H groups in total. The van der Waals surface area contributed by atoms with Crippen molar-refractivity contribution in [3.63, 3.8) is 0 Å². The van der Waals surface area contributed by atoms with Gasteiger partial charge in [-0.3, -0.25) is 0 Å². The van der Waals surface area contributed by atoms with Crippen molar-refractivity contribution in [1.29, 1.82) is 0 Å². The number of rotatable bonds is 1. The molecule has 1 spiro atoms. The van der Waals surface area contributed by atoms with Gasteiger partial charge in [0.25, 0.3) is 0 Å². The van der Waals surface area contributed by atoms with E-state index in [2.05, 4.69) is 11.9 Å². The maximum absolute atomic E-state index is 11.8. The molecule has 0 unspecified atom stereocenters. The molecular weight excluding hydrogens is 176 g/mol. The van der Waals surface area contributed by atoms with Crippen molar-refractivity contribution >= 4 is 6.03 Å². The molecule has 1 saturated carbocycles. The Morgan fingerprint density at radius 3 is 2.64 bits per heavy atom. The van der Waals surface area contributed by atoms with Gasteiger partial charge in [0.05, 0.1) is 0 Å². The van der Waals surface area contributed by atoms with Crippen LogP contribution in [0.2, 0.25) is 0 Å². The van der Waals surface area contributed by atoms with E-state index in [0.29, 0.717) is 0 Å². The first kappa shape index (κ1) is 9.56. The minimum atomic E-state index is 0.0506. The molecule has 2 amide bonds. The summed E-state index contributed by atoms with van der Waals surface area (Å²) in [6, 6.07) is 0.0506. The molecule has 0 aromatic rings. The van der Waals surface area contributed by atoms with E-state index in [9.17, 15) is 4.79 Å². The van der Waals surface area contributed by atoms with Gasteiger partial charge in [-0.1, -0.05) is 6.58 Å². The SMILES string of the molecule is C=C(C)NC(=O)N1CCCCC12CC2. The van der Waals surface area contributed by atoms with Gasteiger partial charge in [0, 0.05) is 17.8 Å². The van der Waals surface area contributed by atoms with Crippen molar-refractivity contribution in [2.24, 2.45) is 0 Å². The summed E-state index contributed by atoms with van der Waals surface area (Å²) in [6.45, 7) is 6.44. The highest BCUT2D eigenvalue weighted by Crippen LogP contribution is 2.48. The summed E-state index contributed by atoms with van der Waals surface area (Å²) >= 11 is 0. The van der Waals surface area contributed by atoms with Gasteiger partial charge in [0.2, 0.25) is 0 Å². The fourth-order valence-corrected chi connectivity index (χ4v) is 2.33. The molecule has 3 nitrogen and oxygen atoms in total. The van der Waals surface area contributed by atoms with Crippen LogP contribution in [0.15, 0.2) is 12.3 Å². The molecule has 1 saturated heterocycles. The summed E-state index contributed by atoms with van der Waals surface area (Å²) < 4.78 is 0. The highest BCUT2D eigenvalue weighted by atomic mass is 16.2. The third-order valence-corrected chi connectivity index (χ3v) is 3.24.